The summed E-state index contributed by atoms with van der Waals surface area (Å²) in [4.78, 5) is 21.6. The second-order valence-corrected chi connectivity index (χ2v) is 3.20. The van der Waals surface area contributed by atoms with Crippen LogP contribution in [0.2, 0.25) is 0 Å². The van der Waals surface area contributed by atoms with Crippen LogP contribution < -0.4 is 10.0 Å². The van der Waals surface area contributed by atoms with E-state index in [2.05, 4.69) is 5.32 Å². The van der Waals surface area contributed by atoms with E-state index in [1.165, 1.54) is 24.5 Å². The first-order valence-electron chi connectivity index (χ1n) is 4.78. The van der Waals surface area contributed by atoms with Crippen LogP contribution in [0.5, 0.6) is 0 Å². The van der Waals surface area contributed by atoms with Crippen LogP contribution in [0.4, 0.5) is 0 Å². The third kappa shape index (κ3) is 3.95. The Balaban J connectivity index is 2.35. The van der Waals surface area contributed by atoms with Crippen molar-refractivity contribution in [2.24, 2.45) is 0 Å². The maximum Gasteiger partial charge on any atom is 0.303 e. The Hall–Kier alpha value is -2.11. The zero-order valence-electron chi connectivity index (χ0n) is 8.55. The number of carbonyl (C=O) groups excluding carboxylic acids is 1. The summed E-state index contributed by atoms with van der Waals surface area (Å²) < 4.78 is 0.585. The number of hydrogen-bond donors (Lipinski definition) is 2. The zero-order chi connectivity index (χ0) is 12.0. The van der Waals surface area contributed by atoms with Crippen LogP contribution >= 0.6 is 0 Å². The number of amides is 1. The number of carbonyl (C=O) groups is 2. The molecule has 0 bridgehead atoms. The lowest BCUT2D eigenvalue weighted by molar-refractivity contribution is -0.605. The van der Waals surface area contributed by atoms with Crippen molar-refractivity contribution < 1.29 is 19.4 Å². The molecule has 0 fully saturated rings. The first-order valence-corrected chi connectivity index (χ1v) is 4.78. The van der Waals surface area contributed by atoms with Gasteiger partial charge in [-0.3, -0.25) is 9.59 Å². The van der Waals surface area contributed by atoms with Crippen molar-refractivity contribution in [1.29, 1.82) is 0 Å². The lowest BCUT2D eigenvalue weighted by Gasteiger charge is -2.03. The molecule has 0 saturated heterocycles. The van der Waals surface area contributed by atoms with Crippen molar-refractivity contribution in [2.75, 3.05) is 6.54 Å². The standard InChI is InChI=1S/C10H12N2O4/c13-9(14)2-1-5-11-10(15)8-3-6-12(16)7-4-8/h3-4,6-7H,1-2,5H2,(H,11,15)(H,13,14). The molecule has 0 aromatic carbocycles. The molecule has 16 heavy (non-hydrogen) atoms. The van der Waals surface area contributed by atoms with Crippen LogP contribution in [0.15, 0.2) is 24.5 Å². The van der Waals surface area contributed by atoms with E-state index in [-0.39, 0.29) is 12.3 Å². The number of aromatic nitrogens is 1. The first kappa shape index (κ1) is 12.0. The van der Waals surface area contributed by atoms with Crippen LogP contribution in [0.25, 0.3) is 0 Å². The summed E-state index contributed by atoms with van der Waals surface area (Å²) >= 11 is 0. The predicted octanol–water partition coefficient (Wildman–Crippen LogP) is -0.0854. The first-order chi connectivity index (χ1) is 7.59. The molecule has 1 aromatic rings. The van der Waals surface area contributed by atoms with E-state index in [0.29, 0.717) is 23.3 Å². The fourth-order valence-corrected chi connectivity index (χ4v) is 1.11. The molecule has 2 N–H and O–H groups in total. The summed E-state index contributed by atoms with van der Waals surface area (Å²) in [5.74, 6) is -1.20. The van der Waals surface area contributed by atoms with Gasteiger partial charge in [-0.2, -0.15) is 4.73 Å². The van der Waals surface area contributed by atoms with E-state index < -0.39 is 5.97 Å². The van der Waals surface area contributed by atoms with Gasteiger partial charge in [-0.15, -0.1) is 0 Å². The van der Waals surface area contributed by atoms with E-state index in [1.807, 2.05) is 0 Å². The topological polar surface area (TPSA) is 93.3 Å². The maximum absolute atomic E-state index is 11.4. The molecule has 0 radical (unpaired) electrons. The van der Waals surface area contributed by atoms with Gasteiger partial charge in [0.1, 0.15) is 0 Å². The molecule has 0 spiro atoms. The average molecular weight is 224 g/mol. The fourth-order valence-electron chi connectivity index (χ4n) is 1.11. The highest BCUT2D eigenvalue weighted by Gasteiger charge is 2.05. The van der Waals surface area contributed by atoms with Gasteiger partial charge < -0.3 is 15.6 Å². The Kier molecular flexibility index (Phi) is 4.26. The molecule has 86 valence electrons. The monoisotopic (exact) mass is 224 g/mol. The summed E-state index contributed by atoms with van der Waals surface area (Å²) in [6.45, 7) is 0.303. The minimum atomic E-state index is -0.888. The van der Waals surface area contributed by atoms with Crippen molar-refractivity contribution >= 4 is 11.9 Å². The Morgan fingerprint density at radius 1 is 1.38 bits per heavy atom. The summed E-state index contributed by atoms with van der Waals surface area (Å²) in [6, 6.07) is 2.80. The molecule has 1 heterocycles. The van der Waals surface area contributed by atoms with Crippen molar-refractivity contribution in [3.05, 3.63) is 35.3 Å². The molecule has 0 unspecified atom stereocenters. The zero-order valence-corrected chi connectivity index (χ0v) is 8.55. The predicted molar refractivity (Wildman–Crippen MR) is 54.6 cm³/mol. The van der Waals surface area contributed by atoms with Crippen molar-refractivity contribution in [2.45, 2.75) is 12.8 Å². The van der Waals surface area contributed by atoms with E-state index in [9.17, 15) is 14.8 Å². The van der Waals surface area contributed by atoms with Crippen molar-refractivity contribution in [3.8, 4) is 0 Å². The van der Waals surface area contributed by atoms with Crippen LogP contribution in [0.3, 0.4) is 0 Å². The Labute approximate surface area is 92.1 Å². The number of rotatable bonds is 5. The van der Waals surface area contributed by atoms with Gasteiger partial charge in [-0.1, -0.05) is 0 Å². The summed E-state index contributed by atoms with van der Waals surface area (Å²) in [6.07, 6.45) is 2.86. The average Bonchev–Trinajstić information content (AvgIpc) is 2.25. The molecule has 6 heteroatoms. The summed E-state index contributed by atoms with van der Waals surface area (Å²) in [5, 5.41) is 21.6. The highest BCUT2D eigenvalue weighted by Crippen LogP contribution is 1.95. The van der Waals surface area contributed by atoms with Crippen LogP contribution in [0, 0.1) is 5.21 Å². The van der Waals surface area contributed by atoms with Gasteiger partial charge >= 0.3 is 5.97 Å². The Bertz CT molecular complexity index is 375. The van der Waals surface area contributed by atoms with Crippen LogP contribution in [-0.4, -0.2) is 23.5 Å². The lowest BCUT2D eigenvalue weighted by Crippen LogP contribution is -2.28. The third-order valence-electron chi connectivity index (χ3n) is 1.92. The number of hydrogen-bond acceptors (Lipinski definition) is 3. The Morgan fingerprint density at radius 2 is 2.00 bits per heavy atom. The second-order valence-electron chi connectivity index (χ2n) is 3.20. The molecule has 1 aromatic heterocycles. The van der Waals surface area contributed by atoms with Gasteiger partial charge in [0, 0.05) is 25.1 Å². The van der Waals surface area contributed by atoms with Crippen molar-refractivity contribution in [1.82, 2.24) is 5.32 Å². The molecule has 0 aliphatic carbocycles. The van der Waals surface area contributed by atoms with E-state index in [1.54, 1.807) is 0 Å². The quantitative estimate of drug-likeness (QED) is 0.415. The molecule has 1 amide bonds. The van der Waals surface area contributed by atoms with E-state index in [4.69, 9.17) is 5.11 Å². The molecule has 0 aliphatic heterocycles. The van der Waals surface area contributed by atoms with Gasteiger partial charge in [0.15, 0.2) is 12.4 Å². The third-order valence-corrected chi connectivity index (χ3v) is 1.92. The number of nitrogens with one attached hydrogen (secondary N) is 1. The van der Waals surface area contributed by atoms with Gasteiger partial charge in [0.25, 0.3) is 5.91 Å². The van der Waals surface area contributed by atoms with Gasteiger partial charge in [0.2, 0.25) is 0 Å². The van der Waals surface area contributed by atoms with Crippen molar-refractivity contribution in [3.63, 3.8) is 0 Å². The second kappa shape index (κ2) is 5.69. The van der Waals surface area contributed by atoms with Gasteiger partial charge in [-0.25, -0.2) is 0 Å². The van der Waals surface area contributed by atoms with Gasteiger partial charge in [0.05, 0.1) is 5.56 Å². The lowest BCUT2D eigenvalue weighted by atomic mass is 10.2. The van der Waals surface area contributed by atoms with Crippen LogP contribution in [-0.2, 0) is 4.79 Å². The molecule has 0 atom stereocenters. The number of pyridine rings is 1. The number of nitrogens with zero attached hydrogens (tertiary/aromatic N) is 1. The summed E-state index contributed by atoms with van der Waals surface area (Å²) in [5.41, 5.74) is 0.377. The van der Waals surface area contributed by atoms with E-state index in [0.717, 1.165) is 0 Å². The fraction of sp³-hybridized carbons (Fsp3) is 0.300. The van der Waals surface area contributed by atoms with E-state index >= 15 is 0 Å². The van der Waals surface area contributed by atoms with Gasteiger partial charge in [-0.05, 0) is 6.42 Å². The smallest absolute Gasteiger partial charge is 0.303 e. The number of aliphatic carboxylic acids is 1. The SMILES string of the molecule is O=C(O)CCCNC(=O)c1cc[n+]([O-])cc1. The molecular formula is C10H12N2O4. The highest BCUT2D eigenvalue weighted by atomic mass is 16.5. The molecule has 6 nitrogen and oxygen atoms in total. The van der Waals surface area contributed by atoms with Crippen LogP contribution in [0.1, 0.15) is 23.2 Å². The minimum Gasteiger partial charge on any atom is -0.619 e. The number of carboxylic acid groups (broad SMARTS) is 1. The largest absolute Gasteiger partial charge is 0.619 e. The normalized spacial score (nSPS) is 9.75. The minimum absolute atomic E-state index is 0.0234. The number of carboxylic acids is 1. The highest BCUT2D eigenvalue weighted by molar-refractivity contribution is 5.93. The maximum atomic E-state index is 11.4. The molecular weight excluding hydrogens is 212 g/mol. The summed E-state index contributed by atoms with van der Waals surface area (Å²) in [7, 11) is 0. The molecule has 1 rings (SSSR count). The Morgan fingerprint density at radius 3 is 2.56 bits per heavy atom. The molecule has 0 saturated carbocycles. The molecule has 0 aliphatic rings.